The minimum Gasteiger partial charge on any atom is -0.491 e. The summed E-state index contributed by atoms with van der Waals surface area (Å²) in [6, 6.07) is 16.0. The summed E-state index contributed by atoms with van der Waals surface area (Å²) in [6.45, 7) is 6.82. The molecule has 2 aromatic rings. The van der Waals surface area contributed by atoms with Gasteiger partial charge in [-0.2, -0.15) is 0 Å². The number of benzene rings is 2. The van der Waals surface area contributed by atoms with Crippen LogP contribution in [-0.4, -0.2) is 25.2 Å². The molecule has 0 fully saturated rings. The summed E-state index contributed by atoms with van der Waals surface area (Å²) in [5, 5.41) is 2.90. The maximum absolute atomic E-state index is 11.9. The first-order valence-corrected chi connectivity index (χ1v) is 9.31. The third-order valence-corrected chi connectivity index (χ3v) is 3.94. The molecule has 0 radical (unpaired) electrons. The molecule has 0 aliphatic rings. The van der Waals surface area contributed by atoms with Gasteiger partial charge in [0.25, 0.3) is 5.91 Å². The maximum Gasteiger partial charge on any atom is 0.257 e. The van der Waals surface area contributed by atoms with Gasteiger partial charge < -0.3 is 14.8 Å². The van der Waals surface area contributed by atoms with Crippen molar-refractivity contribution in [2.45, 2.75) is 46.1 Å². The van der Waals surface area contributed by atoms with E-state index in [-0.39, 0.29) is 18.6 Å². The molecule has 0 aromatic heterocycles. The van der Waals surface area contributed by atoms with Crippen LogP contribution in [0.3, 0.4) is 0 Å². The quantitative estimate of drug-likeness (QED) is 0.651. The Morgan fingerprint density at radius 2 is 1.81 bits per heavy atom. The van der Waals surface area contributed by atoms with Gasteiger partial charge in [0.1, 0.15) is 11.5 Å². The standard InChI is InChI=1S/C22H29NO3/c1-4-18-10-12-20(13-11-18)25-16-22(24)23-14-6-8-19-7-5-9-21(15-19)26-17(2)3/h5,7,9-13,15,17H,4,6,8,14,16H2,1-3H3,(H,23,24). The van der Waals surface area contributed by atoms with E-state index >= 15 is 0 Å². The molecule has 0 heterocycles. The van der Waals surface area contributed by atoms with E-state index < -0.39 is 0 Å². The highest BCUT2D eigenvalue weighted by Crippen LogP contribution is 2.16. The summed E-state index contributed by atoms with van der Waals surface area (Å²) < 4.78 is 11.2. The van der Waals surface area contributed by atoms with E-state index in [0.29, 0.717) is 6.54 Å². The summed E-state index contributed by atoms with van der Waals surface area (Å²) in [5.41, 5.74) is 2.47. The molecule has 2 rings (SSSR count). The molecule has 2 aromatic carbocycles. The highest BCUT2D eigenvalue weighted by molar-refractivity contribution is 5.77. The van der Waals surface area contributed by atoms with Crippen molar-refractivity contribution in [3.8, 4) is 11.5 Å². The number of aryl methyl sites for hydroxylation is 2. The van der Waals surface area contributed by atoms with Crippen molar-refractivity contribution in [3.63, 3.8) is 0 Å². The van der Waals surface area contributed by atoms with Crippen molar-refractivity contribution in [1.29, 1.82) is 0 Å². The second-order valence-corrected chi connectivity index (χ2v) is 6.55. The van der Waals surface area contributed by atoms with Crippen LogP contribution in [0.15, 0.2) is 48.5 Å². The van der Waals surface area contributed by atoms with E-state index in [1.807, 2.05) is 50.2 Å². The lowest BCUT2D eigenvalue weighted by Gasteiger charge is -2.11. The van der Waals surface area contributed by atoms with Gasteiger partial charge in [-0.15, -0.1) is 0 Å². The Kier molecular flexibility index (Phi) is 8.00. The summed E-state index contributed by atoms with van der Waals surface area (Å²) in [7, 11) is 0. The van der Waals surface area contributed by atoms with Gasteiger partial charge in [0.2, 0.25) is 0 Å². The van der Waals surface area contributed by atoms with Crippen LogP contribution >= 0.6 is 0 Å². The lowest BCUT2D eigenvalue weighted by atomic mass is 10.1. The second kappa shape index (κ2) is 10.5. The third-order valence-electron chi connectivity index (χ3n) is 3.94. The number of hydrogen-bond donors (Lipinski definition) is 1. The van der Waals surface area contributed by atoms with Gasteiger partial charge in [-0.3, -0.25) is 4.79 Å². The zero-order valence-corrected chi connectivity index (χ0v) is 16.0. The Morgan fingerprint density at radius 1 is 1.04 bits per heavy atom. The molecule has 0 bridgehead atoms. The van der Waals surface area contributed by atoms with E-state index in [4.69, 9.17) is 9.47 Å². The summed E-state index contributed by atoms with van der Waals surface area (Å²) >= 11 is 0. The molecular weight excluding hydrogens is 326 g/mol. The third kappa shape index (κ3) is 7.18. The Bertz CT molecular complexity index is 680. The largest absolute Gasteiger partial charge is 0.491 e. The predicted molar refractivity (Wildman–Crippen MR) is 105 cm³/mol. The van der Waals surface area contributed by atoms with E-state index in [0.717, 1.165) is 30.8 Å². The zero-order valence-electron chi connectivity index (χ0n) is 16.0. The first-order valence-electron chi connectivity index (χ1n) is 9.31. The van der Waals surface area contributed by atoms with Gasteiger partial charge in [0.05, 0.1) is 6.10 Å². The van der Waals surface area contributed by atoms with Crippen LogP contribution in [0, 0.1) is 0 Å². The molecule has 0 aliphatic carbocycles. The molecule has 0 aliphatic heterocycles. The van der Waals surface area contributed by atoms with Gasteiger partial charge in [0, 0.05) is 6.54 Å². The van der Waals surface area contributed by atoms with Crippen LogP contribution in [0.2, 0.25) is 0 Å². The number of carbonyl (C=O) groups is 1. The van der Waals surface area contributed by atoms with Crippen molar-refractivity contribution in [3.05, 3.63) is 59.7 Å². The minimum atomic E-state index is -0.0959. The molecule has 1 N–H and O–H groups in total. The monoisotopic (exact) mass is 355 g/mol. The maximum atomic E-state index is 11.9. The summed E-state index contributed by atoms with van der Waals surface area (Å²) in [4.78, 5) is 11.9. The number of nitrogens with one attached hydrogen (secondary N) is 1. The topological polar surface area (TPSA) is 47.6 Å². The van der Waals surface area contributed by atoms with Crippen molar-refractivity contribution in [2.75, 3.05) is 13.2 Å². The van der Waals surface area contributed by atoms with Gasteiger partial charge in [-0.05, 0) is 68.5 Å². The lowest BCUT2D eigenvalue weighted by Crippen LogP contribution is -2.29. The first kappa shape index (κ1) is 19.8. The van der Waals surface area contributed by atoms with Crippen molar-refractivity contribution in [2.24, 2.45) is 0 Å². The lowest BCUT2D eigenvalue weighted by molar-refractivity contribution is -0.123. The molecule has 0 atom stereocenters. The smallest absolute Gasteiger partial charge is 0.257 e. The highest BCUT2D eigenvalue weighted by atomic mass is 16.5. The van der Waals surface area contributed by atoms with Crippen molar-refractivity contribution >= 4 is 5.91 Å². The number of carbonyl (C=O) groups excluding carboxylic acids is 1. The fourth-order valence-electron chi connectivity index (χ4n) is 2.59. The molecule has 4 nitrogen and oxygen atoms in total. The number of ether oxygens (including phenoxy) is 2. The van der Waals surface area contributed by atoms with Crippen LogP contribution in [0.5, 0.6) is 11.5 Å². The molecular formula is C22H29NO3. The van der Waals surface area contributed by atoms with Crippen LogP contribution < -0.4 is 14.8 Å². The average molecular weight is 355 g/mol. The number of amides is 1. The van der Waals surface area contributed by atoms with E-state index in [1.165, 1.54) is 11.1 Å². The average Bonchev–Trinajstić information content (AvgIpc) is 2.64. The summed E-state index contributed by atoms with van der Waals surface area (Å²) in [5.74, 6) is 1.52. The van der Waals surface area contributed by atoms with Gasteiger partial charge in [-0.25, -0.2) is 0 Å². The van der Waals surface area contributed by atoms with Crippen LogP contribution in [0.25, 0.3) is 0 Å². The molecule has 26 heavy (non-hydrogen) atoms. The zero-order chi connectivity index (χ0) is 18.8. The van der Waals surface area contributed by atoms with E-state index in [2.05, 4.69) is 24.4 Å². The molecule has 0 unspecified atom stereocenters. The van der Waals surface area contributed by atoms with Crippen LogP contribution in [0.4, 0.5) is 0 Å². The Balaban J connectivity index is 1.65. The number of hydrogen-bond acceptors (Lipinski definition) is 3. The Labute approximate surface area is 156 Å². The normalized spacial score (nSPS) is 10.6. The van der Waals surface area contributed by atoms with E-state index in [1.54, 1.807) is 0 Å². The molecule has 140 valence electrons. The Morgan fingerprint density at radius 3 is 2.50 bits per heavy atom. The van der Waals surface area contributed by atoms with Crippen molar-refractivity contribution in [1.82, 2.24) is 5.32 Å². The Hall–Kier alpha value is -2.49. The molecule has 1 amide bonds. The minimum absolute atomic E-state index is 0.0448. The highest BCUT2D eigenvalue weighted by Gasteiger charge is 2.03. The predicted octanol–water partition coefficient (Wildman–Crippen LogP) is 4.16. The van der Waals surface area contributed by atoms with Gasteiger partial charge in [-0.1, -0.05) is 31.2 Å². The second-order valence-electron chi connectivity index (χ2n) is 6.55. The van der Waals surface area contributed by atoms with E-state index in [9.17, 15) is 4.79 Å². The SMILES string of the molecule is CCc1ccc(OCC(=O)NCCCc2cccc(OC(C)C)c2)cc1. The first-order chi connectivity index (χ1) is 12.6. The molecule has 0 saturated heterocycles. The van der Waals surface area contributed by atoms with Gasteiger partial charge >= 0.3 is 0 Å². The van der Waals surface area contributed by atoms with Crippen LogP contribution in [0.1, 0.15) is 38.3 Å². The van der Waals surface area contributed by atoms with Gasteiger partial charge in [0.15, 0.2) is 6.61 Å². The fraction of sp³-hybridized carbons (Fsp3) is 0.409. The fourth-order valence-corrected chi connectivity index (χ4v) is 2.59. The molecule has 4 heteroatoms. The summed E-state index contributed by atoms with van der Waals surface area (Å²) in [6.07, 6.45) is 2.94. The van der Waals surface area contributed by atoms with Crippen LogP contribution in [-0.2, 0) is 17.6 Å². The molecule has 0 spiro atoms. The number of rotatable bonds is 10. The van der Waals surface area contributed by atoms with Crippen molar-refractivity contribution < 1.29 is 14.3 Å². The molecule has 0 saturated carbocycles.